The van der Waals surface area contributed by atoms with Crippen LogP contribution in [0.5, 0.6) is 0 Å². The molecule has 254 valence electrons. The number of aromatic nitrogens is 4. The van der Waals surface area contributed by atoms with Crippen LogP contribution in [0.3, 0.4) is 0 Å². The van der Waals surface area contributed by atoms with Crippen LogP contribution in [-0.2, 0) is 10.8 Å². The van der Waals surface area contributed by atoms with Gasteiger partial charge in [-0.3, -0.25) is 0 Å². The van der Waals surface area contributed by atoms with Crippen molar-refractivity contribution in [1.82, 2.24) is 19.5 Å². The fraction of sp³-hybridized carbons (Fsp3) is 0.122. The van der Waals surface area contributed by atoms with Gasteiger partial charge in [0.25, 0.3) is 0 Å². The Morgan fingerprint density at radius 1 is 0.415 bits per heavy atom. The molecule has 0 fully saturated rings. The summed E-state index contributed by atoms with van der Waals surface area (Å²) < 4.78 is 2.42. The van der Waals surface area contributed by atoms with Crippen molar-refractivity contribution in [2.75, 3.05) is 0 Å². The molecule has 1 aliphatic rings. The molecule has 0 bridgehead atoms. The highest BCUT2D eigenvalue weighted by Gasteiger charge is 2.47. The van der Waals surface area contributed by atoms with Crippen molar-refractivity contribution in [3.8, 4) is 51.0 Å². The summed E-state index contributed by atoms with van der Waals surface area (Å²) in [6.07, 6.45) is 0. The first-order valence-electron chi connectivity index (χ1n) is 18.4. The normalized spacial score (nSPS) is 14.3. The second-order valence-electron chi connectivity index (χ2n) is 15.3. The van der Waals surface area contributed by atoms with E-state index < -0.39 is 0 Å². The SMILES string of the molecule is CC1(C)c2cc3c(cc2-c2ccc4ccccc4c2C1(C)C)c1ccccc1n3-c1ccc(-c2nc(-c3ccccc3)nc(-c3ccccc3)n2)cc1. The average Bonchev–Trinajstić information content (AvgIpc) is 3.53. The number of rotatable bonds is 4. The molecule has 4 nitrogen and oxygen atoms in total. The maximum absolute atomic E-state index is 4.98. The minimum atomic E-state index is -0.135. The number of benzene rings is 7. The van der Waals surface area contributed by atoms with E-state index in [9.17, 15) is 0 Å². The molecule has 53 heavy (non-hydrogen) atoms. The van der Waals surface area contributed by atoms with Gasteiger partial charge in [0.15, 0.2) is 17.5 Å². The number of hydrogen-bond acceptors (Lipinski definition) is 3. The highest BCUT2D eigenvalue weighted by molar-refractivity contribution is 6.12. The Bertz CT molecular complexity index is 2810. The van der Waals surface area contributed by atoms with E-state index in [0.717, 1.165) is 22.4 Å². The maximum Gasteiger partial charge on any atom is 0.164 e. The molecule has 0 N–H and O–H groups in total. The van der Waals surface area contributed by atoms with E-state index in [1.54, 1.807) is 0 Å². The van der Waals surface area contributed by atoms with Crippen molar-refractivity contribution in [3.63, 3.8) is 0 Å². The molecule has 0 atom stereocenters. The molecule has 0 saturated heterocycles. The fourth-order valence-electron chi connectivity index (χ4n) is 8.55. The Hall–Kier alpha value is -6.39. The van der Waals surface area contributed by atoms with Gasteiger partial charge < -0.3 is 4.57 Å². The summed E-state index contributed by atoms with van der Waals surface area (Å²) in [5.41, 5.74) is 11.6. The minimum Gasteiger partial charge on any atom is -0.309 e. The van der Waals surface area contributed by atoms with Crippen LogP contribution in [0.25, 0.3) is 83.6 Å². The Morgan fingerprint density at radius 2 is 0.962 bits per heavy atom. The van der Waals surface area contributed by atoms with Crippen LogP contribution >= 0.6 is 0 Å². The van der Waals surface area contributed by atoms with Gasteiger partial charge in [-0.1, -0.05) is 143 Å². The number of nitrogens with zero attached hydrogens (tertiary/aromatic N) is 4. The molecule has 2 aromatic heterocycles. The number of fused-ring (bicyclic) bond motifs is 8. The van der Waals surface area contributed by atoms with Crippen LogP contribution in [0.15, 0.2) is 158 Å². The summed E-state index contributed by atoms with van der Waals surface area (Å²) >= 11 is 0. The standard InChI is InChI=1S/C49H38N4/c1-48(2)41-30-43-40(29-39(41)38-28-25-31-15-11-12-20-36(31)44(38)49(48,3)4)37-21-13-14-22-42(37)53(43)35-26-23-34(24-27-35)47-51-45(32-16-7-5-8-17-32)50-46(52-47)33-18-9-6-10-19-33/h5-30H,1-4H3. The predicted molar refractivity (Wildman–Crippen MR) is 219 cm³/mol. The van der Waals surface area contributed by atoms with Crippen LogP contribution in [0.2, 0.25) is 0 Å². The lowest BCUT2D eigenvalue weighted by Gasteiger charge is -2.49. The number of para-hydroxylation sites is 1. The Kier molecular flexibility index (Phi) is 6.84. The summed E-state index contributed by atoms with van der Waals surface area (Å²) in [5.74, 6) is 1.97. The molecule has 10 rings (SSSR count). The minimum absolute atomic E-state index is 0.107. The van der Waals surface area contributed by atoms with Crippen molar-refractivity contribution in [1.29, 1.82) is 0 Å². The molecule has 0 aliphatic heterocycles. The lowest BCUT2D eigenvalue weighted by atomic mass is 9.54. The fourth-order valence-corrected chi connectivity index (χ4v) is 8.55. The summed E-state index contributed by atoms with van der Waals surface area (Å²) in [6.45, 7) is 9.69. The Balaban J connectivity index is 1.15. The zero-order valence-electron chi connectivity index (χ0n) is 30.3. The van der Waals surface area contributed by atoms with Crippen LogP contribution in [0.1, 0.15) is 38.8 Å². The van der Waals surface area contributed by atoms with Gasteiger partial charge in [-0.25, -0.2) is 15.0 Å². The van der Waals surface area contributed by atoms with Crippen molar-refractivity contribution in [2.24, 2.45) is 0 Å². The van der Waals surface area contributed by atoms with E-state index in [0.29, 0.717) is 17.5 Å². The second kappa shape index (κ2) is 11.6. The van der Waals surface area contributed by atoms with Crippen molar-refractivity contribution in [2.45, 2.75) is 38.5 Å². The molecule has 0 unspecified atom stereocenters. The highest BCUT2D eigenvalue weighted by atomic mass is 15.0. The Labute approximate surface area is 309 Å². The summed E-state index contributed by atoms with van der Waals surface area (Å²) in [4.78, 5) is 14.8. The van der Waals surface area contributed by atoms with Gasteiger partial charge in [-0.2, -0.15) is 0 Å². The third-order valence-corrected chi connectivity index (χ3v) is 12.0. The first-order chi connectivity index (χ1) is 25.8. The highest BCUT2D eigenvalue weighted by Crippen LogP contribution is 2.56. The van der Waals surface area contributed by atoms with Crippen LogP contribution < -0.4 is 0 Å². The smallest absolute Gasteiger partial charge is 0.164 e. The molecule has 2 heterocycles. The topological polar surface area (TPSA) is 43.6 Å². The molecular weight excluding hydrogens is 645 g/mol. The van der Waals surface area contributed by atoms with Gasteiger partial charge in [0.2, 0.25) is 0 Å². The first-order valence-corrected chi connectivity index (χ1v) is 18.4. The van der Waals surface area contributed by atoms with E-state index in [4.69, 9.17) is 15.0 Å². The lowest BCUT2D eigenvalue weighted by molar-refractivity contribution is 0.301. The summed E-state index contributed by atoms with van der Waals surface area (Å²) in [5, 5.41) is 5.15. The largest absolute Gasteiger partial charge is 0.309 e. The molecule has 4 heteroatoms. The third kappa shape index (κ3) is 4.72. The van der Waals surface area contributed by atoms with E-state index in [-0.39, 0.29) is 10.8 Å². The quantitative estimate of drug-likeness (QED) is 0.186. The second-order valence-corrected chi connectivity index (χ2v) is 15.3. The molecule has 0 amide bonds. The lowest BCUT2D eigenvalue weighted by Crippen LogP contribution is -2.43. The van der Waals surface area contributed by atoms with Crippen LogP contribution in [0, 0.1) is 0 Å². The summed E-state index contributed by atoms with van der Waals surface area (Å²) in [7, 11) is 0. The van der Waals surface area contributed by atoms with Gasteiger partial charge in [0, 0.05) is 38.6 Å². The summed E-state index contributed by atoms with van der Waals surface area (Å²) in [6, 6.07) is 56.2. The molecule has 0 saturated carbocycles. The molecule has 0 radical (unpaired) electrons. The van der Waals surface area contributed by atoms with Gasteiger partial charge in [0.05, 0.1) is 11.0 Å². The van der Waals surface area contributed by atoms with E-state index >= 15 is 0 Å². The third-order valence-electron chi connectivity index (χ3n) is 12.0. The molecule has 7 aromatic carbocycles. The van der Waals surface area contributed by atoms with Gasteiger partial charge >= 0.3 is 0 Å². The molecule has 1 aliphatic carbocycles. The van der Waals surface area contributed by atoms with Crippen LogP contribution in [0.4, 0.5) is 0 Å². The van der Waals surface area contributed by atoms with E-state index in [1.165, 1.54) is 54.8 Å². The van der Waals surface area contributed by atoms with Gasteiger partial charge in [-0.15, -0.1) is 0 Å². The molecule has 9 aromatic rings. The monoisotopic (exact) mass is 682 g/mol. The van der Waals surface area contributed by atoms with E-state index in [1.807, 2.05) is 60.7 Å². The van der Waals surface area contributed by atoms with Crippen LogP contribution in [-0.4, -0.2) is 19.5 Å². The first kappa shape index (κ1) is 31.4. The van der Waals surface area contributed by atoms with Crippen molar-refractivity contribution in [3.05, 3.63) is 169 Å². The van der Waals surface area contributed by atoms with Gasteiger partial charge in [-0.05, 0) is 80.9 Å². The average molecular weight is 683 g/mol. The predicted octanol–water partition coefficient (Wildman–Crippen LogP) is 12.4. The van der Waals surface area contributed by atoms with Crippen molar-refractivity contribution >= 4 is 32.6 Å². The maximum atomic E-state index is 4.98. The van der Waals surface area contributed by atoms with Gasteiger partial charge in [0.1, 0.15) is 0 Å². The van der Waals surface area contributed by atoms with Crippen molar-refractivity contribution < 1.29 is 0 Å². The molecule has 0 spiro atoms. The zero-order valence-corrected chi connectivity index (χ0v) is 30.3. The molecular formula is C49H38N4. The number of hydrogen-bond donors (Lipinski definition) is 0. The van der Waals surface area contributed by atoms with E-state index in [2.05, 4.69) is 129 Å². The Morgan fingerprint density at radius 3 is 1.60 bits per heavy atom. The zero-order chi connectivity index (χ0) is 35.9.